The van der Waals surface area contributed by atoms with Crippen LogP contribution in [0.15, 0.2) is 16.5 Å². The average Bonchev–Trinajstić information content (AvgIpc) is 2.94. The van der Waals surface area contributed by atoms with E-state index in [0.717, 1.165) is 37.9 Å². The van der Waals surface area contributed by atoms with E-state index in [4.69, 9.17) is 4.42 Å². The highest BCUT2D eigenvalue weighted by Gasteiger charge is 2.27. The van der Waals surface area contributed by atoms with E-state index in [1.54, 1.807) is 6.07 Å². The lowest BCUT2D eigenvalue weighted by Crippen LogP contribution is -2.42. The Bertz CT molecular complexity index is 420. The van der Waals surface area contributed by atoms with Crippen molar-refractivity contribution in [3.63, 3.8) is 0 Å². The molecule has 0 radical (unpaired) electrons. The van der Waals surface area contributed by atoms with E-state index in [1.807, 2.05) is 32.0 Å². The summed E-state index contributed by atoms with van der Waals surface area (Å²) in [5, 5.41) is 3.31. The Morgan fingerprint density at radius 1 is 1.37 bits per heavy atom. The van der Waals surface area contributed by atoms with Crippen LogP contribution in [-0.4, -0.2) is 37.0 Å². The first-order chi connectivity index (χ1) is 9.15. The van der Waals surface area contributed by atoms with E-state index in [0.29, 0.717) is 17.8 Å². The molecular weight excluding hydrogens is 240 g/mol. The van der Waals surface area contributed by atoms with Crippen molar-refractivity contribution in [2.75, 3.05) is 14.1 Å². The Hall–Kier alpha value is -1.29. The molecule has 0 atom stereocenters. The Morgan fingerprint density at radius 3 is 2.58 bits per heavy atom. The Labute approximate surface area is 115 Å². The number of rotatable bonds is 4. The van der Waals surface area contributed by atoms with E-state index >= 15 is 0 Å². The van der Waals surface area contributed by atoms with Crippen LogP contribution in [0.3, 0.4) is 0 Å². The molecule has 0 saturated heterocycles. The molecule has 1 fully saturated rings. The normalized spacial score (nSPS) is 23.3. The van der Waals surface area contributed by atoms with Crippen molar-refractivity contribution in [2.24, 2.45) is 0 Å². The van der Waals surface area contributed by atoms with E-state index < -0.39 is 0 Å². The Morgan fingerprint density at radius 2 is 2.05 bits per heavy atom. The molecule has 1 heterocycles. The van der Waals surface area contributed by atoms with Gasteiger partial charge in [-0.1, -0.05) is 6.92 Å². The highest BCUT2D eigenvalue weighted by molar-refractivity contribution is 5.91. The third-order valence-corrected chi connectivity index (χ3v) is 4.19. The van der Waals surface area contributed by atoms with Gasteiger partial charge >= 0.3 is 0 Å². The van der Waals surface area contributed by atoms with Crippen LogP contribution in [0.4, 0.5) is 0 Å². The lowest BCUT2D eigenvalue weighted by atomic mass is 9.90. The lowest BCUT2D eigenvalue weighted by Gasteiger charge is -2.34. The number of carbonyl (C=O) groups is 1. The predicted molar refractivity (Wildman–Crippen MR) is 75.3 cm³/mol. The third kappa shape index (κ3) is 3.18. The molecule has 19 heavy (non-hydrogen) atoms. The molecule has 1 N–H and O–H groups in total. The minimum atomic E-state index is 0.00704. The SMILES string of the molecule is CCc1ccc(C(=O)N(C)C2CCC(NC)CC2)o1. The summed E-state index contributed by atoms with van der Waals surface area (Å²) in [7, 11) is 3.90. The van der Waals surface area contributed by atoms with Crippen molar-refractivity contribution in [3.05, 3.63) is 23.7 Å². The maximum atomic E-state index is 12.3. The molecule has 4 nitrogen and oxygen atoms in total. The van der Waals surface area contributed by atoms with Crippen molar-refractivity contribution in [3.8, 4) is 0 Å². The van der Waals surface area contributed by atoms with Gasteiger partial charge in [-0.25, -0.2) is 0 Å². The van der Waals surface area contributed by atoms with Crippen molar-refractivity contribution < 1.29 is 9.21 Å². The van der Waals surface area contributed by atoms with Gasteiger partial charge in [0.15, 0.2) is 5.76 Å². The van der Waals surface area contributed by atoms with Gasteiger partial charge < -0.3 is 14.6 Å². The van der Waals surface area contributed by atoms with Gasteiger partial charge in [0.1, 0.15) is 5.76 Å². The largest absolute Gasteiger partial charge is 0.456 e. The lowest BCUT2D eigenvalue weighted by molar-refractivity contribution is 0.0652. The van der Waals surface area contributed by atoms with E-state index in [-0.39, 0.29) is 5.91 Å². The van der Waals surface area contributed by atoms with E-state index in [9.17, 15) is 4.79 Å². The molecule has 1 aromatic rings. The molecule has 0 aliphatic heterocycles. The van der Waals surface area contributed by atoms with Crippen LogP contribution in [0.5, 0.6) is 0 Å². The minimum absolute atomic E-state index is 0.00704. The number of hydrogen-bond acceptors (Lipinski definition) is 3. The number of nitrogens with zero attached hydrogens (tertiary/aromatic N) is 1. The third-order valence-electron chi connectivity index (χ3n) is 4.19. The second-order valence-corrected chi connectivity index (χ2v) is 5.33. The topological polar surface area (TPSA) is 45.5 Å². The number of furan rings is 1. The summed E-state index contributed by atoms with van der Waals surface area (Å²) in [6.45, 7) is 2.02. The summed E-state index contributed by atoms with van der Waals surface area (Å²) < 4.78 is 5.55. The zero-order chi connectivity index (χ0) is 13.8. The average molecular weight is 264 g/mol. The predicted octanol–water partition coefficient (Wildman–Crippen LogP) is 2.44. The molecule has 1 amide bonds. The summed E-state index contributed by atoms with van der Waals surface area (Å²) in [5.74, 6) is 1.35. The van der Waals surface area contributed by atoms with Crippen LogP contribution in [0.2, 0.25) is 0 Å². The molecule has 2 rings (SSSR count). The summed E-state index contributed by atoms with van der Waals surface area (Å²) in [6, 6.07) is 4.62. The molecule has 1 saturated carbocycles. The highest BCUT2D eigenvalue weighted by Crippen LogP contribution is 2.23. The van der Waals surface area contributed by atoms with Gasteiger partial charge in [-0.2, -0.15) is 0 Å². The first-order valence-corrected chi connectivity index (χ1v) is 7.18. The van der Waals surface area contributed by atoms with Gasteiger partial charge in [-0.05, 0) is 44.9 Å². The fraction of sp³-hybridized carbons (Fsp3) is 0.667. The summed E-state index contributed by atoms with van der Waals surface area (Å²) in [4.78, 5) is 14.2. The zero-order valence-electron chi connectivity index (χ0n) is 12.1. The zero-order valence-corrected chi connectivity index (χ0v) is 12.1. The standard InChI is InChI=1S/C15H24N2O2/c1-4-13-9-10-14(19-13)15(18)17(3)12-7-5-11(16-2)6-8-12/h9-12,16H,4-8H2,1-3H3. The van der Waals surface area contributed by atoms with Gasteiger partial charge in [-0.15, -0.1) is 0 Å². The Kier molecular flexibility index (Phi) is 4.64. The van der Waals surface area contributed by atoms with Crippen LogP contribution >= 0.6 is 0 Å². The first-order valence-electron chi connectivity index (χ1n) is 7.18. The second kappa shape index (κ2) is 6.24. The van der Waals surface area contributed by atoms with E-state index in [2.05, 4.69) is 5.32 Å². The molecule has 1 aliphatic carbocycles. The molecule has 106 valence electrons. The number of nitrogens with one attached hydrogen (secondary N) is 1. The van der Waals surface area contributed by atoms with Gasteiger partial charge in [0.2, 0.25) is 0 Å². The van der Waals surface area contributed by atoms with Crippen LogP contribution in [-0.2, 0) is 6.42 Å². The smallest absolute Gasteiger partial charge is 0.289 e. The molecule has 0 aromatic carbocycles. The maximum absolute atomic E-state index is 12.3. The van der Waals surface area contributed by atoms with Crippen LogP contribution in [0.25, 0.3) is 0 Å². The molecule has 1 aromatic heterocycles. The Balaban J connectivity index is 1.95. The van der Waals surface area contributed by atoms with Crippen LogP contribution in [0.1, 0.15) is 48.9 Å². The number of hydrogen-bond donors (Lipinski definition) is 1. The summed E-state index contributed by atoms with van der Waals surface area (Å²) in [5.41, 5.74) is 0. The number of carbonyl (C=O) groups excluding carboxylic acids is 1. The van der Waals surface area contributed by atoms with Gasteiger partial charge in [0, 0.05) is 25.6 Å². The van der Waals surface area contributed by atoms with Crippen LogP contribution < -0.4 is 5.32 Å². The molecule has 1 aliphatic rings. The molecular formula is C15H24N2O2. The number of aryl methyl sites for hydroxylation is 1. The highest BCUT2D eigenvalue weighted by atomic mass is 16.4. The van der Waals surface area contributed by atoms with Crippen molar-refractivity contribution in [1.29, 1.82) is 0 Å². The second-order valence-electron chi connectivity index (χ2n) is 5.33. The van der Waals surface area contributed by atoms with Crippen molar-refractivity contribution >= 4 is 5.91 Å². The van der Waals surface area contributed by atoms with Gasteiger partial charge in [0.05, 0.1) is 0 Å². The quantitative estimate of drug-likeness (QED) is 0.908. The van der Waals surface area contributed by atoms with Crippen LogP contribution in [0, 0.1) is 0 Å². The molecule has 0 bridgehead atoms. The minimum Gasteiger partial charge on any atom is -0.456 e. The van der Waals surface area contributed by atoms with Gasteiger partial charge in [0.25, 0.3) is 5.91 Å². The van der Waals surface area contributed by atoms with Crippen molar-refractivity contribution in [1.82, 2.24) is 10.2 Å². The van der Waals surface area contributed by atoms with E-state index in [1.165, 1.54) is 0 Å². The van der Waals surface area contributed by atoms with Gasteiger partial charge in [-0.3, -0.25) is 4.79 Å². The molecule has 4 heteroatoms. The first kappa shape index (κ1) is 14.1. The molecule has 0 spiro atoms. The summed E-state index contributed by atoms with van der Waals surface area (Å²) in [6.07, 6.45) is 5.22. The fourth-order valence-corrected chi connectivity index (χ4v) is 2.77. The number of amides is 1. The monoisotopic (exact) mass is 264 g/mol. The summed E-state index contributed by atoms with van der Waals surface area (Å²) >= 11 is 0. The maximum Gasteiger partial charge on any atom is 0.289 e. The molecule has 0 unspecified atom stereocenters. The fourth-order valence-electron chi connectivity index (χ4n) is 2.77. The van der Waals surface area contributed by atoms with Crippen molar-refractivity contribution in [2.45, 2.75) is 51.1 Å².